The number of likely N-dealkylation sites (tertiary alicyclic amines) is 13. The summed E-state index contributed by atoms with van der Waals surface area (Å²) in [6.45, 7) is 21.0. The number of aliphatic hydroxyl groups excluding tert-OH is 1. The zero-order valence-electron chi connectivity index (χ0n) is 74.1. The second-order valence-corrected chi connectivity index (χ2v) is 38.3. The zero-order valence-corrected chi connectivity index (χ0v) is 74.9. The molecule has 1 spiro atoms. The number of aliphatic hydroxyl groups is 1. The number of ether oxygens (including phenoxy) is 4. The topological polar surface area (TPSA) is 183 Å². The minimum absolute atomic E-state index is 0.0107. The number of halogens is 8. The lowest BCUT2D eigenvalue weighted by Gasteiger charge is -2.42. The molecule has 0 aromatic heterocycles. The first kappa shape index (κ1) is 98.8. The largest absolute Gasteiger partial charge is 0.468 e. The summed E-state index contributed by atoms with van der Waals surface area (Å²) in [5.41, 5.74) is -0.615. The average molecular weight is 1720 g/mol. The van der Waals surface area contributed by atoms with Crippen LogP contribution in [0.15, 0.2) is 0 Å². The fraction of sp³-hybridized carbons (Fsp3) is 0.952. The number of thioether (sulfide) groups is 1. The van der Waals surface area contributed by atoms with Gasteiger partial charge in [0.15, 0.2) is 0 Å². The van der Waals surface area contributed by atoms with E-state index in [4.69, 9.17) is 28.9 Å². The Kier molecular flexibility index (Phi) is 37.6. The van der Waals surface area contributed by atoms with Gasteiger partial charge in [-0.05, 0) is 283 Å². The molecule has 1 amide bonds. The first-order chi connectivity index (χ1) is 55.9. The Morgan fingerprint density at radius 1 is 0.466 bits per heavy atom. The van der Waals surface area contributed by atoms with Crippen molar-refractivity contribution in [1.82, 2.24) is 73.7 Å². The molecule has 15 aliphatic heterocycles. The lowest BCUT2D eigenvalue weighted by Crippen LogP contribution is -2.55. The molecule has 684 valence electrons. The fourth-order valence-corrected chi connectivity index (χ4v) is 22.6. The highest BCUT2D eigenvalue weighted by Crippen LogP contribution is 2.44. The molecule has 7 atom stereocenters. The second kappa shape index (κ2) is 44.9. The highest BCUT2D eigenvalue weighted by molar-refractivity contribution is 7.99. The van der Waals surface area contributed by atoms with Gasteiger partial charge in [0, 0.05) is 118 Å². The molecule has 1 N–H and O–H groups in total. The maximum absolute atomic E-state index is 13.7. The summed E-state index contributed by atoms with van der Waals surface area (Å²) < 4.78 is 128. The molecule has 34 heteroatoms. The Bertz CT molecular complexity index is 3030. The second-order valence-electron chi connectivity index (χ2n) is 37.3. The number of hydroxylamine groups is 2. The maximum atomic E-state index is 13.7. The molecule has 0 bridgehead atoms. The Morgan fingerprint density at radius 2 is 0.839 bits per heavy atom. The first-order valence-corrected chi connectivity index (χ1v) is 45.5. The van der Waals surface area contributed by atoms with Crippen LogP contribution in [0.3, 0.4) is 0 Å². The third-order valence-electron chi connectivity index (χ3n) is 28.6. The van der Waals surface area contributed by atoms with Gasteiger partial charge in [-0.15, -0.1) is 11.8 Å². The van der Waals surface area contributed by atoms with Gasteiger partial charge in [0.1, 0.15) is 17.1 Å². The van der Waals surface area contributed by atoms with Gasteiger partial charge < -0.3 is 58.4 Å². The molecule has 0 radical (unpaired) electrons. The van der Waals surface area contributed by atoms with E-state index in [1.165, 1.54) is 66.9 Å². The normalized spacial score (nSPS) is 32.5. The van der Waals surface area contributed by atoms with E-state index >= 15 is 0 Å². The van der Waals surface area contributed by atoms with Gasteiger partial charge in [0.2, 0.25) is 0 Å². The number of esters is 3. The van der Waals surface area contributed by atoms with Crippen LogP contribution in [0.2, 0.25) is 0 Å². The summed E-state index contributed by atoms with van der Waals surface area (Å²) in [5.74, 6) is -8.99. The number of cyclic esters (lactones) is 1. The zero-order chi connectivity index (χ0) is 86.1. The Balaban J connectivity index is 0.000000157. The maximum Gasteiger partial charge on any atom is 0.326 e. The fourth-order valence-electron chi connectivity index (χ4n) is 21.4. The van der Waals surface area contributed by atoms with Gasteiger partial charge in [-0.25, -0.2) is 40.2 Å². The van der Waals surface area contributed by atoms with Gasteiger partial charge in [-0.1, -0.05) is 0 Å². The number of hydrogen-bond donors (Lipinski definition) is 1. The smallest absolute Gasteiger partial charge is 0.326 e. The van der Waals surface area contributed by atoms with Gasteiger partial charge in [0.25, 0.3) is 29.6 Å². The number of amides is 1. The quantitative estimate of drug-likeness (QED) is 0.0783. The third-order valence-corrected chi connectivity index (χ3v) is 29.6. The number of likely N-dealkylation sites (N-methyl/N-ethyl adjacent to an activating group) is 1. The van der Waals surface area contributed by atoms with E-state index in [-0.39, 0.29) is 123 Å². The Labute approximate surface area is 705 Å². The van der Waals surface area contributed by atoms with E-state index in [9.17, 15) is 54.3 Å². The van der Waals surface area contributed by atoms with Crippen LogP contribution < -0.4 is 0 Å². The molecule has 1 unspecified atom stereocenters. The molecule has 15 fully saturated rings. The van der Waals surface area contributed by atoms with Crippen LogP contribution in [0.1, 0.15) is 162 Å². The number of carbonyl (C=O) groups is 4. The van der Waals surface area contributed by atoms with Crippen molar-refractivity contribution < 1.29 is 83.2 Å². The molecule has 118 heavy (non-hydrogen) atoms. The van der Waals surface area contributed by atoms with Crippen molar-refractivity contribution in [2.75, 3.05) is 247 Å². The van der Waals surface area contributed by atoms with Crippen molar-refractivity contribution in [1.29, 1.82) is 0 Å². The minimum atomic E-state index is -2.79. The number of carbonyl (C=O) groups excluding carboxylic acids is 4. The third kappa shape index (κ3) is 27.0. The standard InChI is InChI=1S/C13H23F2N3O2.C13H22N2O2.C13H24N2O2.C12H22F2N2O.C11H20F2N2O.C11H20F2N2.C11H20N2O2S/c1-16-6-4-10(5-7-16)18-9-13(14,15)8-11(18)12(19)17(2)20-3;1-14-8-3-11(4-9-14)15-7-2-5-13(15)6-10-17-12(13)16;1-13(12(16)17-3)7-4-8-15(13)11-5-9-14(2)10-6-11;1-15-5-3-10(4-6-15)16-9-12(13,14)7-11(16)8-17-2;1-14-4-2-9(3-5-14)15-8-11(12,13)6-10(15)7-16;1-9-7-11(12,13)8-15(9)10-3-5-14(2)6-4-10;1-12-5-3-9(4-6-12)13-8-16-7-10(13)11(14)15-2/h10-11H,4-9H2,1-3H3;11H,2-10H2,1H3;11H,4-10H2,1-3H3;10-11H,3-9H2,1-2H3;9-10,16H,2-8H2,1H3;9-10H,3-8H2,1-2H3;9-10H,3-8H2,1-2H3/t11-;;13-;11-;10-;9-;10-/m1.11101/s1. The summed E-state index contributed by atoms with van der Waals surface area (Å²) in [5, 5.41) is 10.2. The molecule has 15 heterocycles. The van der Waals surface area contributed by atoms with Gasteiger partial charge in [-0.3, -0.25) is 58.3 Å². The molecule has 0 aromatic rings. The summed E-state index contributed by atoms with van der Waals surface area (Å²) in [4.78, 5) is 83.5. The van der Waals surface area contributed by atoms with Crippen LogP contribution in [0.25, 0.3) is 0 Å². The number of hydrogen-bond acceptors (Lipinski definition) is 25. The lowest BCUT2D eigenvalue weighted by atomic mass is 9.91. The average Bonchev–Trinajstić information content (AvgIpc) is 1.61. The number of nitrogens with zero attached hydrogens (tertiary/aromatic N) is 15. The van der Waals surface area contributed by atoms with Crippen LogP contribution in [-0.2, 0) is 43.0 Å². The lowest BCUT2D eigenvalue weighted by molar-refractivity contribution is -0.174. The van der Waals surface area contributed by atoms with Gasteiger partial charge >= 0.3 is 17.9 Å². The predicted molar refractivity (Wildman–Crippen MR) is 444 cm³/mol. The van der Waals surface area contributed by atoms with Crippen LogP contribution >= 0.6 is 11.8 Å². The number of piperidine rings is 7. The van der Waals surface area contributed by atoms with E-state index in [2.05, 4.69) is 91.3 Å². The number of rotatable bonds is 14. The molecule has 15 rings (SSSR count). The van der Waals surface area contributed by atoms with E-state index < -0.39 is 36.2 Å². The predicted octanol–water partition coefficient (Wildman–Crippen LogP) is 7.44. The van der Waals surface area contributed by atoms with Crippen molar-refractivity contribution in [2.45, 2.75) is 269 Å². The molecule has 25 nitrogen and oxygen atoms in total. The van der Waals surface area contributed by atoms with Gasteiger partial charge in [-0.2, -0.15) is 0 Å². The Morgan fingerprint density at radius 3 is 1.25 bits per heavy atom. The van der Waals surface area contributed by atoms with Crippen molar-refractivity contribution in [3.05, 3.63) is 0 Å². The van der Waals surface area contributed by atoms with Crippen LogP contribution in [-0.4, -0.2) is 457 Å². The van der Waals surface area contributed by atoms with Crippen molar-refractivity contribution in [3.8, 4) is 0 Å². The summed E-state index contributed by atoms with van der Waals surface area (Å²) in [6, 6.07) is 1.49. The van der Waals surface area contributed by atoms with Crippen molar-refractivity contribution in [3.63, 3.8) is 0 Å². The Hall–Kier alpha value is -3.01. The molecular weight excluding hydrogens is 1560 g/mol. The summed E-state index contributed by atoms with van der Waals surface area (Å²) in [7, 11) is 22.2. The van der Waals surface area contributed by atoms with Crippen LogP contribution in [0.4, 0.5) is 35.1 Å². The van der Waals surface area contributed by atoms with Gasteiger partial charge in [0.05, 0.1) is 73.4 Å². The highest BCUT2D eigenvalue weighted by Gasteiger charge is 2.56. The SMILES string of the molecule is CN1CCC(N2CC(F)(F)C[C@@H]2CO)CC1.CN1CCC(N2CCCC23CCOC3=O)CC1.COC(=O)[C@@]1(C)CCCN1C1CCN(C)CC1.COC(=O)[C@H]1CSCN1C1CCN(C)CC1.COC[C@H]1CC(F)(F)CN1C1CCN(C)CC1.CON(C)C(=O)[C@H]1CC(F)(F)CN1C1CCN(C)CC1.C[C@H]1CC(F)(F)CN1C1CCN(C)CC1. The molecular formula is C84H151F8N15O10S. The molecule has 15 saturated heterocycles. The molecule has 0 saturated carbocycles. The van der Waals surface area contributed by atoms with E-state index in [1.54, 1.807) is 12.0 Å². The number of methoxy groups -OCH3 is 3. The molecule has 15 aliphatic rings. The van der Waals surface area contributed by atoms with E-state index in [0.717, 1.165) is 205 Å². The first-order valence-electron chi connectivity index (χ1n) is 44.3. The summed E-state index contributed by atoms with van der Waals surface area (Å²) in [6.07, 6.45) is 19.2. The summed E-state index contributed by atoms with van der Waals surface area (Å²) >= 11 is 1.84. The van der Waals surface area contributed by atoms with Crippen molar-refractivity contribution in [2.24, 2.45) is 0 Å². The molecule has 0 aliphatic carbocycles. The van der Waals surface area contributed by atoms with E-state index in [0.29, 0.717) is 43.4 Å². The minimum Gasteiger partial charge on any atom is -0.468 e. The number of alkyl halides is 8. The van der Waals surface area contributed by atoms with Crippen LogP contribution in [0, 0.1) is 0 Å². The van der Waals surface area contributed by atoms with Crippen LogP contribution in [0.5, 0.6) is 0 Å². The monoisotopic (exact) mass is 1710 g/mol. The molecule has 0 aromatic carbocycles. The van der Waals surface area contributed by atoms with E-state index in [1.807, 2.05) is 47.4 Å². The van der Waals surface area contributed by atoms with Crippen molar-refractivity contribution >= 4 is 35.6 Å². The highest BCUT2D eigenvalue weighted by atomic mass is 32.2.